The van der Waals surface area contributed by atoms with Crippen LogP contribution in [0.5, 0.6) is 5.75 Å². The lowest BCUT2D eigenvalue weighted by Gasteiger charge is -2.27. The number of hydrogen-bond donors (Lipinski definition) is 0. The summed E-state index contributed by atoms with van der Waals surface area (Å²) in [5.74, 6) is 1.08. The van der Waals surface area contributed by atoms with Gasteiger partial charge >= 0.3 is 0 Å². The molecule has 0 radical (unpaired) electrons. The van der Waals surface area contributed by atoms with E-state index >= 15 is 0 Å². The van der Waals surface area contributed by atoms with E-state index in [1.54, 1.807) is 0 Å². The quantitative estimate of drug-likeness (QED) is 0.253. The number of ether oxygens (including phenoxy) is 1. The van der Waals surface area contributed by atoms with Gasteiger partial charge < -0.3 is 43.2 Å². The monoisotopic (exact) mass is 522 g/mol. The summed E-state index contributed by atoms with van der Waals surface area (Å²) in [6.45, 7) is 4.10. The molecular weight excluding hydrogens is 480 g/mol. The standard InChI is InChI=1S/C23H44N2O.2BrH/c1-8-9-10-11-12-13-14-15-18-26-23-19-22(25(5,6)7)17-16-21(23)20-24(2,3)4;;/h16-17,19H,8-15,18,20H2,1-7H3;2*1H/q+2;;/p-2. The van der Waals surface area contributed by atoms with Crippen LogP contribution in [0.1, 0.15) is 63.9 Å². The maximum absolute atomic E-state index is 6.24. The molecule has 0 saturated carbocycles. The number of hydrogen-bond acceptors (Lipinski definition) is 1. The second-order valence-corrected chi connectivity index (χ2v) is 9.58. The normalized spacial score (nSPS) is 11.5. The van der Waals surface area contributed by atoms with Gasteiger partial charge in [0, 0.05) is 11.6 Å². The van der Waals surface area contributed by atoms with Crippen molar-refractivity contribution in [3.05, 3.63) is 23.8 Å². The van der Waals surface area contributed by atoms with Gasteiger partial charge in [-0.15, -0.1) is 0 Å². The van der Waals surface area contributed by atoms with Crippen LogP contribution in [-0.2, 0) is 6.54 Å². The van der Waals surface area contributed by atoms with E-state index < -0.39 is 0 Å². The minimum atomic E-state index is 0. The van der Waals surface area contributed by atoms with Crippen LogP contribution in [0.2, 0.25) is 0 Å². The van der Waals surface area contributed by atoms with Crippen molar-refractivity contribution >= 4 is 5.69 Å². The molecule has 1 rings (SSSR count). The first-order valence-corrected chi connectivity index (χ1v) is 10.5. The van der Waals surface area contributed by atoms with E-state index in [9.17, 15) is 0 Å². The predicted octanol–water partition coefficient (Wildman–Crippen LogP) is -0.383. The van der Waals surface area contributed by atoms with Crippen LogP contribution in [0.4, 0.5) is 5.69 Å². The summed E-state index contributed by atoms with van der Waals surface area (Å²) >= 11 is 0. The molecule has 0 aliphatic rings. The molecule has 0 N–H and O–H groups in total. The van der Waals surface area contributed by atoms with Crippen molar-refractivity contribution in [2.24, 2.45) is 0 Å². The Kier molecular flexibility index (Phi) is 15.9. The van der Waals surface area contributed by atoms with E-state index in [1.165, 1.54) is 56.2 Å². The molecule has 3 nitrogen and oxygen atoms in total. The average molecular weight is 524 g/mol. The van der Waals surface area contributed by atoms with Crippen molar-refractivity contribution < 1.29 is 43.2 Å². The second-order valence-electron chi connectivity index (χ2n) is 9.58. The molecular formula is C23H44Br2N2O. The highest BCUT2D eigenvalue weighted by Gasteiger charge is 2.19. The van der Waals surface area contributed by atoms with Crippen LogP contribution in [-0.4, -0.2) is 53.4 Å². The summed E-state index contributed by atoms with van der Waals surface area (Å²) < 4.78 is 7.98. The molecule has 5 heteroatoms. The van der Waals surface area contributed by atoms with E-state index in [0.717, 1.165) is 34.3 Å². The van der Waals surface area contributed by atoms with Crippen LogP contribution in [0.25, 0.3) is 0 Å². The van der Waals surface area contributed by atoms with Gasteiger partial charge in [0.2, 0.25) is 0 Å². The molecule has 0 amide bonds. The molecule has 166 valence electrons. The van der Waals surface area contributed by atoms with Crippen molar-refractivity contribution in [1.29, 1.82) is 0 Å². The van der Waals surface area contributed by atoms with Crippen molar-refractivity contribution in [3.8, 4) is 5.75 Å². The van der Waals surface area contributed by atoms with Crippen LogP contribution in [0.3, 0.4) is 0 Å². The first-order valence-electron chi connectivity index (χ1n) is 10.5. The predicted molar refractivity (Wildman–Crippen MR) is 116 cm³/mol. The lowest BCUT2D eigenvalue weighted by atomic mass is 10.1. The van der Waals surface area contributed by atoms with E-state index in [2.05, 4.69) is 67.4 Å². The topological polar surface area (TPSA) is 9.23 Å². The molecule has 0 fully saturated rings. The maximum Gasteiger partial charge on any atom is 0.135 e. The highest BCUT2D eigenvalue weighted by atomic mass is 79.9. The zero-order chi connectivity index (χ0) is 19.6. The number of nitrogens with zero attached hydrogens (tertiary/aromatic N) is 2. The number of halogens is 2. The highest BCUT2D eigenvalue weighted by Crippen LogP contribution is 2.29. The van der Waals surface area contributed by atoms with Gasteiger partial charge in [0.05, 0.1) is 48.9 Å². The molecule has 0 spiro atoms. The van der Waals surface area contributed by atoms with E-state index in [4.69, 9.17) is 4.74 Å². The van der Waals surface area contributed by atoms with Crippen LogP contribution in [0, 0.1) is 0 Å². The van der Waals surface area contributed by atoms with Crippen molar-refractivity contribution in [2.75, 3.05) is 48.9 Å². The molecule has 1 aromatic carbocycles. The number of quaternary nitrogens is 2. The van der Waals surface area contributed by atoms with Gasteiger partial charge in [-0.05, 0) is 18.6 Å². The Labute approximate surface area is 196 Å². The Morgan fingerprint density at radius 3 is 1.79 bits per heavy atom. The zero-order valence-electron chi connectivity index (χ0n) is 19.4. The smallest absolute Gasteiger partial charge is 0.135 e. The summed E-state index contributed by atoms with van der Waals surface area (Å²) in [7, 11) is 13.3. The minimum Gasteiger partial charge on any atom is -1.00 e. The Morgan fingerprint density at radius 2 is 1.29 bits per heavy atom. The first kappa shape index (κ1) is 30.1. The second kappa shape index (κ2) is 14.8. The van der Waals surface area contributed by atoms with E-state index in [1.807, 2.05) is 0 Å². The van der Waals surface area contributed by atoms with Crippen molar-refractivity contribution in [1.82, 2.24) is 4.48 Å². The van der Waals surface area contributed by atoms with Gasteiger partial charge in [-0.3, -0.25) is 4.48 Å². The third kappa shape index (κ3) is 13.2. The number of benzene rings is 1. The summed E-state index contributed by atoms with van der Waals surface area (Å²) in [5, 5.41) is 0. The van der Waals surface area contributed by atoms with Crippen molar-refractivity contribution in [2.45, 2.75) is 64.8 Å². The van der Waals surface area contributed by atoms with Gasteiger partial charge in [0.25, 0.3) is 0 Å². The third-order valence-electron chi connectivity index (χ3n) is 4.73. The lowest BCUT2D eigenvalue weighted by Crippen LogP contribution is -3.00. The maximum atomic E-state index is 6.24. The van der Waals surface area contributed by atoms with E-state index in [-0.39, 0.29) is 34.0 Å². The van der Waals surface area contributed by atoms with Crippen LogP contribution < -0.4 is 43.2 Å². The van der Waals surface area contributed by atoms with Gasteiger partial charge in [-0.2, -0.15) is 0 Å². The Balaban J connectivity index is 0. The molecule has 28 heavy (non-hydrogen) atoms. The molecule has 0 aromatic heterocycles. The Bertz CT molecular complexity index is 522. The van der Waals surface area contributed by atoms with Gasteiger partial charge in [-0.1, -0.05) is 51.9 Å². The molecule has 0 atom stereocenters. The molecule has 0 heterocycles. The SMILES string of the molecule is CCCCCCCCCCOc1cc([N+](C)(C)C)ccc1C[N+](C)(C)C.[Br-].[Br-]. The largest absolute Gasteiger partial charge is 1.00 e. The average Bonchev–Trinajstić information content (AvgIpc) is 2.52. The fourth-order valence-electron chi connectivity index (χ4n) is 3.15. The van der Waals surface area contributed by atoms with Gasteiger partial charge in [0.1, 0.15) is 18.0 Å². The third-order valence-corrected chi connectivity index (χ3v) is 4.73. The van der Waals surface area contributed by atoms with Crippen LogP contribution >= 0.6 is 0 Å². The highest BCUT2D eigenvalue weighted by molar-refractivity contribution is 5.50. The van der Waals surface area contributed by atoms with Crippen LogP contribution in [0.15, 0.2) is 18.2 Å². The molecule has 0 unspecified atom stereocenters. The minimum absolute atomic E-state index is 0. The molecule has 0 bridgehead atoms. The van der Waals surface area contributed by atoms with Crippen molar-refractivity contribution in [3.63, 3.8) is 0 Å². The molecule has 0 aliphatic carbocycles. The van der Waals surface area contributed by atoms with Gasteiger partial charge in [0.15, 0.2) is 0 Å². The summed E-state index contributed by atoms with van der Waals surface area (Å²) in [5.41, 5.74) is 2.61. The number of unbranched alkanes of at least 4 members (excludes halogenated alkanes) is 7. The van der Waals surface area contributed by atoms with Gasteiger partial charge in [-0.25, -0.2) is 0 Å². The Hall–Kier alpha value is -0.100. The molecule has 1 aromatic rings. The number of rotatable bonds is 13. The Morgan fingerprint density at radius 1 is 0.750 bits per heavy atom. The fraction of sp³-hybridized carbons (Fsp3) is 0.739. The summed E-state index contributed by atoms with van der Waals surface area (Å²) in [6, 6.07) is 6.75. The fourth-order valence-corrected chi connectivity index (χ4v) is 3.15. The molecule has 0 aliphatic heterocycles. The zero-order valence-corrected chi connectivity index (χ0v) is 22.5. The summed E-state index contributed by atoms with van der Waals surface area (Å²) in [4.78, 5) is 0. The summed E-state index contributed by atoms with van der Waals surface area (Å²) in [6.07, 6.45) is 10.7. The molecule has 0 saturated heterocycles. The lowest BCUT2D eigenvalue weighted by molar-refractivity contribution is -0.884. The van der Waals surface area contributed by atoms with E-state index in [0.29, 0.717) is 0 Å². The first-order chi connectivity index (χ1) is 12.1.